The van der Waals surface area contributed by atoms with Crippen molar-refractivity contribution in [3.63, 3.8) is 0 Å². The molecule has 1 aliphatic heterocycles. The lowest BCUT2D eigenvalue weighted by Gasteiger charge is -2.22. The lowest BCUT2D eigenvalue weighted by Crippen LogP contribution is -2.29. The smallest absolute Gasteiger partial charge is 0.131 e. The number of nitrogens with two attached hydrogens (primary N) is 1. The van der Waals surface area contributed by atoms with Crippen LogP contribution >= 0.6 is 37.2 Å². The van der Waals surface area contributed by atoms with E-state index in [1.807, 2.05) is 12.4 Å². The first-order valence-corrected chi connectivity index (χ1v) is 9.78. The Hall–Kier alpha value is -2.31. The van der Waals surface area contributed by atoms with Crippen LogP contribution in [-0.2, 0) is 0 Å². The van der Waals surface area contributed by atoms with Gasteiger partial charge in [0.2, 0.25) is 0 Å². The van der Waals surface area contributed by atoms with Crippen LogP contribution in [0.5, 0.6) is 0 Å². The fraction of sp³-hybridized carbons (Fsp3) is 0.217. The van der Waals surface area contributed by atoms with E-state index in [-0.39, 0.29) is 37.2 Å². The van der Waals surface area contributed by atoms with E-state index in [4.69, 9.17) is 5.73 Å². The maximum Gasteiger partial charge on any atom is 0.131 e. The number of piperidine rings is 1. The van der Waals surface area contributed by atoms with Crippen LogP contribution in [0.1, 0.15) is 18.9 Å². The predicted molar refractivity (Wildman–Crippen MR) is 136 cm³/mol. The number of fused-ring (bicyclic) bond motifs is 1. The Bertz CT molecular complexity index is 1140. The van der Waals surface area contributed by atoms with Gasteiger partial charge in [-0.25, -0.2) is 4.98 Å². The van der Waals surface area contributed by atoms with Gasteiger partial charge in [-0.15, -0.1) is 37.2 Å². The van der Waals surface area contributed by atoms with E-state index in [1.165, 1.54) is 10.8 Å². The van der Waals surface area contributed by atoms with Crippen molar-refractivity contribution < 1.29 is 0 Å². The number of anilines is 1. The van der Waals surface area contributed by atoms with Crippen LogP contribution in [0.2, 0.25) is 0 Å². The molecule has 2 aromatic heterocycles. The summed E-state index contributed by atoms with van der Waals surface area (Å²) in [6.07, 6.45) is 8.13. The number of aromatic nitrogens is 3. The summed E-state index contributed by atoms with van der Waals surface area (Å²) in [4.78, 5) is 4.46. The van der Waals surface area contributed by atoms with Gasteiger partial charge in [0.25, 0.3) is 0 Å². The van der Waals surface area contributed by atoms with Crippen LogP contribution in [0.3, 0.4) is 0 Å². The van der Waals surface area contributed by atoms with Crippen LogP contribution in [0, 0.1) is 0 Å². The first kappa shape index (κ1) is 25.0. The lowest BCUT2D eigenvalue weighted by atomic mass is 9.99. The molecule has 3 N–H and O–H groups in total. The zero-order valence-corrected chi connectivity index (χ0v) is 19.3. The summed E-state index contributed by atoms with van der Waals surface area (Å²) in [6.45, 7) is 2.10. The minimum atomic E-state index is 0. The average Bonchev–Trinajstić information content (AvgIpc) is 3.25. The molecule has 8 heteroatoms. The van der Waals surface area contributed by atoms with Crippen molar-refractivity contribution in [1.82, 2.24) is 20.1 Å². The fourth-order valence-electron chi connectivity index (χ4n) is 3.98. The maximum atomic E-state index is 6.23. The summed E-state index contributed by atoms with van der Waals surface area (Å²) in [5.41, 5.74) is 10.4. The van der Waals surface area contributed by atoms with Crippen LogP contribution in [0.15, 0.2) is 67.1 Å². The van der Waals surface area contributed by atoms with Crippen molar-refractivity contribution in [2.75, 3.05) is 18.8 Å². The first-order valence-electron chi connectivity index (χ1n) is 9.78. The molecular formula is C23H26Cl3N5. The van der Waals surface area contributed by atoms with Crippen molar-refractivity contribution in [3.05, 3.63) is 67.1 Å². The van der Waals surface area contributed by atoms with Crippen molar-refractivity contribution >= 4 is 53.8 Å². The number of nitrogens with one attached hydrogen (secondary N) is 1. The molecule has 0 amide bonds. The Morgan fingerprint density at radius 2 is 1.58 bits per heavy atom. The number of nitrogens with zero attached hydrogens (tertiary/aromatic N) is 3. The number of rotatable bonds is 3. The summed E-state index contributed by atoms with van der Waals surface area (Å²) in [7, 11) is 0. The molecule has 4 aromatic rings. The van der Waals surface area contributed by atoms with E-state index >= 15 is 0 Å². The van der Waals surface area contributed by atoms with Gasteiger partial charge in [-0.3, -0.25) is 4.68 Å². The van der Waals surface area contributed by atoms with Crippen molar-refractivity contribution in [3.8, 4) is 22.3 Å². The number of nitrogen functional groups attached to an aromatic ring is 1. The predicted octanol–water partition coefficient (Wildman–Crippen LogP) is 5.54. The first-order chi connectivity index (χ1) is 13.8. The number of pyridine rings is 1. The highest BCUT2D eigenvalue weighted by Crippen LogP contribution is 2.32. The van der Waals surface area contributed by atoms with E-state index in [0.29, 0.717) is 11.9 Å². The second kappa shape index (κ2) is 10.8. The van der Waals surface area contributed by atoms with Crippen molar-refractivity contribution in [2.24, 2.45) is 0 Å². The molecule has 5 rings (SSSR count). The highest BCUT2D eigenvalue weighted by Gasteiger charge is 2.16. The zero-order chi connectivity index (χ0) is 18.9. The third kappa shape index (κ3) is 5.13. The second-order valence-corrected chi connectivity index (χ2v) is 7.41. The topological polar surface area (TPSA) is 68.8 Å². The number of hydrogen-bond donors (Lipinski definition) is 2. The van der Waals surface area contributed by atoms with Gasteiger partial charge in [0.15, 0.2) is 0 Å². The van der Waals surface area contributed by atoms with E-state index in [1.54, 1.807) is 0 Å². The number of halogens is 3. The molecule has 0 atom stereocenters. The van der Waals surface area contributed by atoms with E-state index in [9.17, 15) is 0 Å². The Kier molecular flexibility index (Phi) is 8.71. The highest BCUT2D eigenvalue weighted by atomic mass is 35.5. The fourth-order valence-corrected chi connectivity index (χ4v) is 3.98. The molecule has 0 saturated carbocycles. The number of benzene rings is 2. The van der Waals surface area contributed by atoms with E-state index in [0.717, 1.165) is 48.2 Å². The largest absolute Gasteiger partial charge is 0.383 e. The summed E-state index contributed by atoms with van der Waals surface area (Å²) in [5, 5.41) is 10.4. The highest BCUT2D eigenvalue weighted by molar-refractivity contribution is 5.89. The summed E-state index contributed by atoms with van der Waals surface area (Å²) in [6, 6.07) is 17.3. The van der Waals surface area contributed by atoms with Gasteiger partial charge >= 0.3 is 0 Å². The van der Waals surface area contributed by atoms with Crippen LogP contribution in [0.4, 0.5) is 5.82 Å². The quantitative estimate of drug-likeness (QED) is 0.406. The standard InChI is InChI=1S/C23H23N5.3ClH/c24-23-22(18-6-5-16-3-1-2-4-17(16)11-18)12-19(13-26-23)20-14-27-28(15-20)21-7-9-25-10-8-21;;;/h1-6,11-15,21,25H,7-10H2,(H2,24,26);3*1H. The molecule has 31 heavy (non-hydrogen) atoms. The summed E-state index contributed by atoms with van der Waals surface area (Å²) in [5.74, 6) is 0.546. The van der Waals surface area contributed by atoms with Gasteiger partial charge in [-0.2, -0.15) is 5.10 Å². The minimum Gasteiger partial charge on any atom is -0.383 e. The third-order valence-corrected chi connectivity index (χ3v) is 5.60. The molecule has 0 spiro atoms. The molecule has 1 fully saturated rings. The van der Waals surface area contributed by atoms with E-state index < -0.39 is 0 Å². The van der Waals surface area contributed by atoms with Crippen molar-refractivity contribution in [1.29, 1.82) is 0 Å². The van der Waals surface area contributed by atoms with Crippen LogP contribution < -0.4 is 11.1 Å². The third-order valence-electron chi connectivity index (χ3n) is 5.60. The SMILES string of the molecule is Cl.Cl.Cl.Nc1ncc(-c2cnn(C3CCNCC3)c2)cc1-c1ccc2ccccc2c1. The average molecular weight is 479 g/mol. The van der Waals surface area contributed by atoms with Gasteiger partial charge in [0.1, 0.15) is 5.82 Å². The minimum absolute atomic E-state index is 0. The molecule has 1 aliphatic rings. The van der Waals surface area contributed by atoms with Gasteiger partial charge in [-0.05, 0) is 54.4 Å². The zero-order valence-electron chi connectivity index (χ0n) is 16.9. The van der Waals surface area contributed by atoms with Gasteiger partial charge in [0, 0.05) is 29.1 Å². The normalized spacial score (nSPS) is 13.7. The molecule has 2 aromatic carbocycles. The molecule has 0 bridgehead atoms. The lowest BCUT2D eigenvalue weighted by molar-refractivity contribution is 0.343. The molecule has 0 unspecified atom stereocenters. The van der Waals surface area contributed by atoms with Gasteiger partial charge in [0.05, 0.1) is 12.2 Å². The monoisotopic (exact) mass is 477 g/mol. The van der Waals surface area contributed by atoms with E-state index in [2.05, 4.69) is 74.8 Å². The second-order valence-electron chi connectivity index (χ2n) is 7.41. The molecule has 1 saturated heterocycles. The van der Waals surface area contributed by atoms with Crippen molar-refractivity contribution in [2.45, 2.75) is 18.9 Å². The Balaban J connectivity index is 0.00000114. The summed E-state index contributed by atoms with van der Waals surface area (Å²) >= 11 is 0. The molecule has 3 heterocycles. The summed E-state index contributed by atoms with van der Waals surface area (Å²) < 4.78 is 2.10. The Morgan fingerprint density at radius 1 is 0.839 bits per heavy atom. The van der Waals surface area contributed by atoms with Crippen LogP contribution in [-0.4, -0.2) is 27.9 Å². The molecule has 5 nitrogen and oxygen atoms in total. The molecule has 0 radical (unpaired) electrons. The Labute approximate surface area is 200 Å². The van der Waals surface area contributed by atoms with Crippen LogP contribution in [0.25, 0.3) is 33.0 Å². The molecule has 164 valence electrons. The number of hydrogen-bond acceptors (Lipinski definition) is 4. The molecular weight excluding hydrogens is 453 g/mol. The van der Waals surface area contributed by atoms with Gasteiger partial charge in [-0.1, -0.05) is 36.4 Å². The van der Waals surface area contributed by atoms with Gasteiger partial charge < -0.3 is 11.1 Å². The Morgan fingerprint density at radius 3 is 2.35 bits per heavy atom. The maximum absolute atomic E-state index is 6.23. The molecule has 0 aliphatic carbocycles.